The lowest BCUT2D eigenvalue weighted by Crippen LogP contribution is -2.33. The van der Waals surface area contributed by atoms with Gasteiger partial charge in [-0.15, -0.1) is 4.31 Å². The number of methoxy groups -OCH3 is 1. The summed E-state index contributed by atoms with van der Waals surface area (Å²) < 4.78 is 45.8. The predicted molar refractivity (Wildman–Crippen MR) is 70.3 cm³/mol. The molecule has 1 fully saturated rings. The Morgan fingerprint density at radius 1 is 1.32 bits per heavy atom. The number of ether oxygens (including phenoxy) is 1. The first-order valence-corrected chi connectivity index (χ1v) is 7.08. The van der Waals surface area contributed by atoms with Crippen molar-refractivity contribution in [2.75, 3.05) is 13.7 Å². The topological polar surface area (TPSA) is 35.3 Å². The Morgan fingerprint density at radius 3 is 2.26 bits per heavy atom. The fourth-order valence-corrected chi connectivity index (χ4v) is 3.21. The molecule has 0 amide bonds. The van der Waals surface area contributed by atoms with E-state index in [2.05, 4.69) is 0 Å². The molecule has 0 saturated carbocycles. The molecule has 1 aliphatic heterocycles. The first-order chi connectivity index (χ1) is 8.75. The van der Waals surface area contributed by atoms with E-state index in [1.165, 1.54) is 7.11 Å². The number of benzene rings is 1. The van der Waals surface area contributed by atoms with Crippen LogP contribution in [0, 0.1) is 11.6 Å². The van der Waals surface area contributed by atoms with Gasteiger partial charge in [0.05, 0.1) is 13.7 Å². The quantitative estimate of drug-likeness (QED) is 0.634. The highest BCUT2D eigenvalue weighted by Gasteiger charge is 2.51. The molecule has 106 valence electrons. The van der Waals surface area contributed by atoms with Crippen LogP contribution in [-0.2, 0) is 11.4 Å². The van der Waals surface area contributed by atoms with Crippen molar-refractivity contribution in [2.24, 2.45) is 0 Å². The SMILES string of the molecule is COc1cc(F)c([C@H]2CN2[S@+]([O-])C(C)(C)C)c(F)c1. The second-order valence-corrected chi connectivity index (χ2v) is 7.67. The molecule has 1 aromatic rings. The van der Waals surface area contributed by atoms with Crippen LogP contribution in [-0.4, -0.2) is 27.3 Å². The van der Waals surface area contributed by atoms with Crippen molar-refractivity contribution in [3.05, 3.63) is 29.3 Å². The molecule has 3 atom stereocenters. The lowest BCUT2D eigenvalue weighted by Gasteiger charge is -2.24. The lowest BCUT2D eigenvalue weighted by molar-refractivity contribution is 0.404. The number of hydrogen-bond donors (Lipinski definition) is 0. The second-order valence-electron chi connectivity index (χ2n) is 5.48. The maximum atomic E-state index is 13.9. The highest BCUT2D eigenvalue weighted by molar-refractivity contribution is 7.90. The molecule has 0 N–H and O–H groups in total. The van der Waals surface area contributed by atoms with Crippen LogP contribution in [0.4, 0.5) is 8.78 Å². The van der Waals surface area contributed by atoms with E-state index in [1.54, 1.807) is 4.31 Å². The van der Waals surface area contributed by atoms with E-state index in [1.807, 2.05) is 20.8 Å². The summed E-state index contributed by atoms with van der Waals surface area (Å²) in [6.45, 7) is 5.90. The molecule has 0 bridgehead atoms. The minimum Gasteiger partial charge on any atom is -0.597 e. The average molecular weight is 289 g/mol. The van der Waals surface area contributed by atoms with Crippen molar-refractivity contribution in [3.63, 3.8) is 0 Å². The van der Waals surface area contributed by atoms with Crippen LogP contribution in [0.3, 0.4) is 0 Å². The van der Waals surface area contributed by atoms with E-state index in [4.69, 9.17) is 4.74 Å². The highest BCUT2D eigenvalue weighted by Crippen LogP contribution is 2.44. The molecule has 2 rings (SSSR count). The molecule has 1 heterocycles. The van der Waals surface area contributed by atoms with Gasteiger partial charge in [0.1, 0.15) is 28.2 Å². The Kier molecular flexibility index (Phi) is 3.77. The van der Waals surface area contributed by atoms with Gasteiger partial charge in [-0.3, -0.25) is 0 Å². The first kappa shape index (κ1) is 14.6. The Bertz CT molecular complexity index is 467. The molecule has 0 aliphatic carbocycles. The molecule has 19 heavy (non-hydrogen) atoms. The average Bonchev–Trinajstić information content (AvgIpc) is 3.05. The molecule has 0 spiro atoms. The molecular weight excluding hydrogens is 272 g/mol. The van der Waals surface area contributed by atoms with Crippen LogP contribution >= 0.6 is 0 Å². The minimum absolute atomic E-state index is 0.0293. The zero-order chi connectivity index (χ0) is 14.4. The number of halogens is 2. The number of rotatable bonds is 3. The van der Waals surface area contributed by atoms with Crippen LogP contribution in [0.2, 0.25) is 0 Å². The molecule has 1 aliphatic rings. The summed E-state index contributed by atoms with van der Waals surface area (Å²) >= 11 is -1.26. The van der Waals surface area contributed by atoms with E-state index < -0.39 is 33.8 Å². The van der Waals surface area contributed by atoms with Crippen molar-refractivity contribution >= 4 is 11.4 Å². The first-order valence-electron chi connectivity index (χ1n) is 5.97. The smallest absolute Gasteiger partial charge is 0.137 e. The third-order valence-corrected chi connectivity index (χ3v) is 4.80. The molecule has 1 aromatic carbocycles. The van der Waals surface area contributed by atoms with Gasteiger partial charge >= 0.3 is 0 Å². The molecule has 1 unspecified atom stereocenters. The summed E-state index contributed by atoms with van der Waals surface area (Å²) in [5.41, 5.74) is -0.0293. The van der Waals surface area contributed by atoms with E-state index >= 15 is 0 Å². The van der Waals surface area contributed by atoms with E-state index in [9.17, 15) is 13.3 Å². The maximum absolute atomic E-state index is 13.9. The predicted octanol–water partition coefficient (Wildman–Crippen LogP) is 2.79. The van der Waals surface area contributed by atoms with Gasteiger partial charge < -0.3 is 9.29 Å². The van der Waals surface area contributed by atoms with Crippen LogP contribution in [0.25, 0.3) is 0 Å². The van der Waals surface area contributed by atoms with Gasteiger partial charge in [0.2, 0.25) is 0 Å². The van der Waals surface area contributed by atoms with E-state index in [-0.39, 0.29) is 11.3 Å². The Labute approximate surface area is 114 Å². The van der Waals surface area contributed by atoms with E-state index in [0.717, 1.165) is 12.1 Å². The van der Waals surface area contributed by atoms with Crippen LogP contribution < -0.4 is 4.74 Å². The van der Waals surface area contributed by atoms with Gasteiger partial charge in [0.25, 0.3) is 0 Å². The molecule has 6 heteroatoms. The zero-order valence-corrected chi connectivity index (χ0v) is 12.2. The Hall–Kier alpha value is -0.850. The van der Waals surface area contributed by atoms with Crippen molar-refractivity contribution < 1.29 is 18.1 Å². The molecule has 3 nitrogen and oxygen atoms in total. The zero-order valence-electron chi connectivity index (χ0n) is 11.4. The van der Waals surface area contributed by atoms with Crippen molar-refractivity contribution in [2.45, 2.75) is 31.6 Å². The van der Waals surface area contributed by atoms with Gasteiger partial charge in [-0.05, 0) is 20.8 Å². The monoisotopic (exact) mass is 289 g/mol. The van der Waals surface area contributed by atoms with Gasteiger partial charge in [-0.25, -0.2) is 8.78 Å². The largest absolute Gasteiger partial charge is 0.597 e. The summed E-state index contributed by atoms with van der Waals surface area (Å²) in [5.74, 6) is -1.17. The Morgan fingerprint density at radius 2 is 1.84 bits per heavy atom. The maximum Gasteiger partial charge on any atom is 0.137 e. The Balaban J connectivity index is 2.22. The number of nitrogens with zero attached hydrogens (tertiary/aromatic N) is 1. The second kappa shape index (κ2) is 4.92. The van der Waals surface area contributed by atoms with Crippen molar-refractivity contribution in [3.8, 4) is 5.75 Å². The molecule has 0 radical (unpaired) electrons. The fraction of sp³-hybridized carbons (Fsp3) is 0.538. The normalized spacial score (nSPS) is 24.2. The molecule has 0 aromatic heterocycles. The highest BCUT2D eigenvalue weighted by atomic mass is 32.2. The minimum atomic E-state index is -1.26. The van der Waals surface area contributed by atoms with Gasteiger partial charge in [-0.1, -0.05) is 0 Å². The fourth-order valence-electron chi connectivity index (χ4n) is 1.89. The van der Waals surface area contributed by atoms with Crippen molar-refractivity contribution in [1.29, 1.82) is 0 Å². The van der Waals surface area contributed by atoms with E-state index in [0.29, 0.717) is 6.54 Å². The summed E-state index contributed by atoms with van der Waals surface area (Å²) in [4.78, 5) is 0. The summed E-state index contributed by atoms with van der Waals surface area (Å²) in [5, 5.41) is 0. The standard InChI is InChI=1S/C13H17F2NO2S/c1-13(2,3)19(17)16-7-11(16)12-9(14)5-8(18-4)6-10(12)15/h5-6,11H,7H2,1-4H3/t11-,16?,19-/m1/s1. The molecular formula is C13H17F2NO2S. The van der Waals surface area contributed by atoms with Gasteiger partial charge in [0, 0.05) is 29.1 Å². The van der Waals surface area contributed by atoms with Crippen LogP contribution in [0.1, 0.15) is 32.4 Å². The summed E-state index contributed by atoms with van der Waals surface area (Å²) in [7, 11) is 1.35. The summed E-state index contributed by atoms with van der Waals surface area (Å²) in [6.07, 6.45) is 0. The van der Waals surface area contributed by atoms with Crippen LogP contribution in [0.5, 0.6) is 5.75 Å². The van der Waals surface area contributed by atoms with Gasteiger partial charge in [-0.2, -0.15) is 0 Å². The third kappa shape index (κ3) is 2.85. The summed E-state index contributed by atoms with van der Waals surface area (Å²) in [6, 6.07) is 1.84. The third-order valence-electron chi connectivity index (χ3n) is 2.93. The number of hydrogen-bond acceptors (Lipinski definition) is 3. The van der Waals surface area contributed by atoms with Gasteiger partial charge in [0.15, 0.2) is 0 Å². The van der Waals surface area contributed by atoms with Crippen LogP contribution in [0.15, 0.2) is 12.1 Å². The molecule has 1 saturated heterocycles. The lowest BCUT2D eigenvalue weighted by atomic mass is 10.1. The van der Waals surface area contributed by atoms with Crippen molar-refractivity contribution in [1.82, 2.24) is 4.31 Å².